The Morgan fingerprint density at radius 2 is 2.50 bits per heavy atom. The highest BCUT2D eigenvalue weighted by atomic mass is 79.9. The molecule has 2 rings (SSSR count). The minimum atomic E-state index is -0.142. The van der Waals surface area contributed by atoms with Crippen LogP contribution in [0.3, 0.4) is 0 Å². The molecular weight excluding hydrogens is 286 g/mol. The standard InChI is InChI=1S/C11H10BrN3S/c1-2-7(4-13)11-14-5-9(15-11)10-3-8(12)6-16-10/h3,5-7H,2H2,1H3,(H,14,15). The molecule has 0 aromatic carbocycles. The lowest BCUT2D eigenvalue weighted by Gasteiger charge is -1.99. The normalized spacial score (nSPS) is 12.3. The molecule has 0 amide bonds. The molecule has 1 N–H and O–H groups in total. The van der Waals surface area contributed by atoms with Crippen molar-refractivity contribution in [1.29, 1.82) is 5.26 Å². The molecule has 5 heteroatoms. The van der Waals surface area contributed by atoms with Crippen molar-refractivity contribution in [3.63, 3.8) is 0 Å². The molecule has 16 heavy (non-hydrogen) atoms. The number of hydrogen-bond donors (Lipinski definition) is 1. The number of nitrogens with one attached hydrogen (secondary N) is 1. The maximum atomic E-state index is 8.95. The Labute approximate surface area is 106 Å². The molecule has 0 aliphatic heterocycles. The number of hydrogen-bond acceptors (Lipinski definition) is 3. The summed E-state index contributed by atoms with van der Waals surface area (Å²) in [7, 11) is 0. The number of aromatic nitrogens is 2. The van der Waals surface area contributed by atoms with Crippen molar-refractivity contribution in [3.05, 3.63) is 27.9 Å². The van der Waals surface area contributed by atoms with Crippen LogP contribution in [0.2, 0.25) is 0 Å². The Kier molecular flexibility index (Phi) is 3.42. The first kappa shape index (κ1) is 11.4. The van der Waals surface area contributed by atoms with Crippen LogP contribution in [0.1, 0.15) is 25.1 Å². The van der Waals surface area contributed by atoms with Gasteiger partial charge in [-0.15, -0.1) is 11.3 Å². The number of nitrogens with zero attached hydrogens (tertiary/aromatic N) is 2. The third kappa shape index (κ3) is 2.18. The van der Waals surface area contributed by atoms with Gasteiger partial charge in [-0.1, -0.05) is 6.92 Å². The van der Waals surface area contributed by atoms with Crippen LogP contribution in [0.25, 0.3) is 10.6 Å². The molecule has 2 aromatic rings. The van der Waals surface area contributed by atoms with E-state index in [1.807, 2.05) is 18.4 Å². The molecule has 82 valence electrons. The van der Waals surface area contributed by atoms with E-state index in [1.54, 1.807) is 17.5 Å². The van der Waals surface area contributed by atoms with E-state index >= 15 is 0 Å². The van der Waals surface area contributed by atoms with Crippen molar-refractivity contribution in [2.24, 2.45) is 0 Å². The fraction of sp³-hybridized carbons (Fsp3) is 0.273. The van der Waals surface area contributed by atoms with Crippen LogP contribution in [0, 0.1) is 11.3 Å². The van der Waals surface area contributed by atoms with E-state index in [2.05, 4.69) is 32.0 Å². The van der Waals surface area contributed by atoms with Crippen LogP contribution >= 0.6 is 27.3 Å². The molecule has 1 unspecified atom stereocenters. The summed E-state index contributed by atoms with van der Waals surface area (Å²) in [6, 6.07) is 4.28. The van der Waals surface area contributed by atoms with Gasteiger partial charge < -0.3 is 4.98 Å². The van der Waals surface area contributed by atoms with Crippen molar-refractivity contribution in [1.82, 2.24) is 9.97 Å². The average molecular weight is 296 g/mol. The van der Waals surface area contributed by atoms with Crippen LogP contribution in [-0.2, 0) is 0 Å². The second-order valence-corrected chi connectivity index (χ2v) is 5.23. The van der Waals surface area contributed by atoms with Crippen molar-refractivity contribution < 1.29 is 0 Å². The van der Waals surface area contributed by atoms with Crippen molar-refractivity contribution in [2.75, 3.05) is 0 Å². The molecule has 0 spiro atoms. The average Bonchev–Trinajstić information content (AvgIpc) is 2.89. The van der Waals surface area contributed by atoms with Gasteiger partial charge in [-0.05, 0) is 28.4 Å². The zero-order valence-corrected chi connectivity index (χ0v) is 11.1. The van der Waals surface area contributed by atoms with Gasteiger partial charge in [-0.2, -0.15) is 5.26 Å². The molecule has 0 radical (unpaired) electrons. The Morgan fingerprint density at radius 1 is 1.69 bits per heavy atom. The van der Waals surface area contributed by atoms with Crippen LogP contribution < -0.4 is 0 Å². The number of rotatable bonds is 3. The van der Waals surface area contributed by atoms with Crippen LogP contribution in [0.5, 0.6) is 0 Å². The summed E-state index contributed by atoms with van der Waals surface area (Å²) in [6.45, 7) is 1.98. The minimum Gasteiger partial charge on any atom is -0.340 e. The van der Waals surface area contributed by atoms with Crippen LogP contribution in [0.15, 0.2) is 22.1 Å². The van der Waals surface area contributed by atoms with Crippen molar-refractivity contribution in [3.8, 4) is 16.6 Å². The fourth-order valence-electron chi connectivity index (χ4n) is 1.44. The van der Waals surface area contributed by atoms with Gasteiger partial charge in [0.05, 0.1) is 22.8 Å². The predicted molar refractivity (Wildman–Crippen MR) is 68.2 cm³/mol. The Hall–Kier alpha value is -1.12. The summed E-state index contributed by atoms with van der Waals surface area (Å²) < 4.78 is 1.07. The van der Waals surface area contributed by atoms with E-state index in [1.165, 1.54) is 0 Å². The van der Waals surface area contributed by atoms with Gasteiger partial charge in [0, 0.05) is 9.85 Å². The van der Waals surface area contributed by atoms with Gasteiger partial charge in [0.2, 0.25) is 0 Å². The number of aromatic amines is 1. The topological polar surface area (TPSA) is 52.5 Å². The van der Waals surface area contributed by atoms with E-state index in [0.717, 1.165) is 27.3 Å². The van der Waals surface area contributed by atoms with E-state index < -0.39 is 0 Å². The maximum Gasteiger partial charge on any atom is 0.123 e. The van der Waals surface area contributed by atoms with E-state index in [0.29, 0.717) is 0 Å². The summed E-state index contributed by atoms with van der Waals surface area (Å²) in [4.78, 5) is 8.58. The summed E-state index contributed by atoms with van der Waals surface area (Å²) in [5, 5.41) is 11.0. The zero-order valence-electron chi connectivity index (χ0n) is 8.70. The first-order chi connectivity index (χ1) is 7.74. The summed E-state index contributed by atoms with van der Waals surface area (Å²) in [5.41, 5.74) is 0.972. The summed E-state index contributed by atoms with van der Waals surface area (Å²) in [5.74, 6) is 0.613. The van der Waals surface area contributed by atoms with Gasteiger partial charge in [0.15, 0.2) is 0 Å². The lowest BCUT2D eigenvalue weighted by Crippen LogP contribution is -1.95. The van der Waals surface area contributed by atoms with E-state index in [4.69, 9.17) is 5.26 Å². The number of thiophene rings is 1. The second kappa shape index (κ2) is 4.81. The molecule has 0 fully saturated rings. The highest BCUT2D eigenvalue weighted by Gasteiger charge is 2.13. The van der Waals surface area contributed by atoms with Gasteiger partial charge in [0.25, 0.3) is 0 Å². The summed E-state index contributed by atoms with van der Waals surface area (Å²) >= 11 is 5.06. The first-order valence-electron chi connectivity index (χ1n) is 4.93. The van der Waals surface area contributed by atoms with Gasteiger partial charge in [-0.3, -0.25) is 0 Å². The van der Waals surface area contributed by atoms with Crippen LogP contribution in [0.4, 0.5) is 0 Å². The SMILES string of the molecule is CCC(C#N)c1ncc(-c2cc(Br)cs2)[nH]1. The maximum absolute atomic E-state index is 8.95. The minimum absolute atomic E-state index is 0.142. The third-order valence-electron chi connectivity index (χ3n) is 2.32. The largest absolute Gasteiger partial charge is 0.340 e. The fourth-order valence-corrected chi connectivity index (χ4v) is 2.83. The number of nitriles is 1. The smallest absolute Gasteiger partial charge is 0.123 e. The predicted octanol–water partition coefficient (Wildman–Crippen LogP) is 3.92. The highest BCUT2D eigenvalue weighted by molar-refractivity contribution is 9.10. The van der Waals surface area contributed by atoms with Gasteiger partial charge >= 0.3 is 0 Å². The molecule has 3 nitrogen and oxygen atoms in total. The molecule has 2 aromatic heterocycles. The first-order valence-corrected chi connectivity index (χ1v) is 6.60. The Balaban J connectivity index is 2.30. The van der Waals surface area contributed by atoms with Crippen LogP contribution in [-0.4, -0.2) is 9.97 Å². The van der Waals surface area contributed by atoms with Gasteiger partial charge in [0.1, 0.15) is 11.7 Å². The molecule has 0 saturated carbocycles. The lowest BCUT2D eigenvalue weighted by molar-refractivity contribution is 0.766. The Morgan fingerprint density at radius 3 is 3.06 bits per heavy atom. The molecule has 0 aliphatic carbocycles. The quantitative estimate of drug-likeness (QED) is 0.933. The van der Waals surface area contributed by atoms with E-state index in [-0.39, 0.29) is 5.92 Å². The van der Waals surface area contributed by atoms with E-state index in [9.17, 15) is 0 Å². The Bertz CT molecular complexity index is 523. The van der Waals surface area contributed by atoms with Gasteiger partial charge in [-0.25, -0.2) is 4.98 Å². The number of halogens is 1. The zero-order chi connectivity index (χ0) is 11.5. The number of imidazole rings is 1. The molecule has 2 heterocycles. The molecular formula is C11H10BrN3S. The monoisotopic (exact) mass is 295 g/mol. The molecule has 1 atom stereocenters. The van der Waals surface area contributed by atoms with Crippen molar-refractivity contribution in [2.45, 2.75) is 19.3 Å². The molecule has 0 aliphatic rings. The molecule has 0 saturated heterocycles. The number of H-pyrrole nitrogens is 1. The third-order valence-corrected chi connectivity index (χ3v) is 4.05. The lowest BCUT2D eigenvalue weighted by atomic mass is 10.1. The summed E-state index contributed by atoms with van der Waals surface area (Å²) in [6.07, 6.45) is 2.56. The molecule has 0 bridgehead atoms. The van der Waals surface area contributed by atoms with Crippen molar-refractivity contribution >= 4 is 27.3 Å². The second-order valence-electron chi connectivity index (χ2n) is 3.40. The highest BCUT2D eigenvalue weighted by Crippen LogP contribution is 2.29.